The summed E-state index contributed by atoms with van der Waals surface area (Å²) in [6.07, 6.45) is 45.4. The lowest BCUT2D eigenvalue weighted by molar-refractivity contribution is -0.302. The summed E-state index contributed by atoms with van der Waals surface area (Å²) in [5.41, 5.74) is 0. The molecule has 1 saturated heterocycles. The molecule has 0 bridgehead atoms. The number of unbranched alkanes of at least 4 members (excludes halogenated alkanes) is 29. The molecule has 7 unspecified atom stereocenters. The molecule has 0 aromatic carbocycles. The number of ether oxygens (including phenoxy) is 3. The molecular formula is C56H103NO10. The van der Waals surface area contributed by atoms with E-state index in [0.717, 1.165) is 70.6 Å². The Morgan fingerprint density at radius 1 is 0.552 bits per heavy atom. The maximum absolute atomic E-state index is 12.9. The SMILES string of the molecule is CCCCCCCCC/C=C/C(O)C(COC1OC(CO)C(O)C(O)C1O)NC(=O)CC/C=C\C/C=C\CCCCCCCCOC(=O)CCCCCCCCCCCCCCCCCCC. The topological polar surface area (TPSA) is 175 Å². The highest BCUT2D eigenvalue weighted by Gasteiger charge is 2.44. The number of rotatable bonds is 47. The molecule has 11 nitrogen and oxygen atoms in total. The Kier molecular flexibility index (Phi) is 43.4. The minimum absolute atomic E-state index is 0.0361. The third-order valence-electron chi connectivity index (χ3n) is 13.0. The minimum atomic E-state index is -1.59. The Morgan fingerprint density at radius 2 is 1.01 bits per heavy atom. The second-order valence-corrected chi connectivity index (χ2v) is 19.3. The van der Waals surface area contributed by atoms with Crippen molar-refractivity contribution in [3.63, 3.8) is 0 Å². The van der Waals surface area contributed by atoms with Gasteiger partial charge in [0.25, 0.3) is 0 Å². The number of hydrogen-bond acceptors (Lipinski definition) is 10. The number of allylic oxidation sites excluding steroid dienone is 5. The highest BCUT2D eigenvalue weighted by molar-refractivity contribution is 5.76. The predicted octanol–water partition coefficient (Wildman–Crippen LogP) is 11.9. The van der Waals surface area contributed by atoms with Crippen molar-refractivity contribution in [2.24, 2.45) is 0 Å². The molecule has 11 heteroatoms. The average molecular weight is 950 g/mol. The number of nitrogens with one attached hydrogen (secondary N) is 1. The number of carbonyl (C=O) groups is 2. The first-order valence-corrected chi connectivity index (χ1v) is 27.8. The van der Waals surface area contributed by atoms with Crippen LogP contribution in [0.2, 0.25) is 0 Å². The van der Waals surface area contributed by atoms with Crippen molar-refractivity contribution < 1.29 is 49.3 Å². The van der Waals surface area contributed by atoms with Gasteiger partial charge in [-0.25, -0.2) is 0 Å². The van der Waals surface area contributed by atoms with Gasteiger partial charge in [-0.1, -0.05) is 217 Å². The van der Waals surface area contributed by atoms with Gasteiger partial charge in [-0.3, -0.25) is 9.59 Å². The molecule has 0 spiro atoms. The zero-order valence-corrected chi connectivity index (χ0v) is 42.9. The van der Waals surface area contributed by atoms with Crippen molar-refractivity contribution in [2.45, 2.75) is 288 Å². The van der Waals surface area contributed by atoms with Gasteiger partial charge in [0.2, 0.25) is 5.91 Å². The molecule has 392 valence electrons. The van der Waals surface area contributed by atoms with Gasteiger partial charge >= 0.3 is 5.97 Å². The number of aliphatic hydroxyl groups excluding tert-OH is 5. The second kappa shape index (κ2) is 46.3. The fourth-order valence-corrected chi connectivity index (χ4v) is 8.54. The first kappa shape index (κ1) is 62.9. The monoisotopic (exact) mass is 950 g/mol. The Morgan fingerprint density at radius 3 is 1.54 bits per heavy atom. The maximum Gasteiger partial charge on any atom is 0.305 e. The zero-order chi connectivity index (χ0) is 48.8. The molecule has 0 aromatic rings. The molecular weight excluding hydrogens is 847 g/mol. The van der Waals surface area contributed by atoms with Crippen LogP contribution in [-0.2, 0) is 23.8 Å². The lowest BCUT2D eigenvalue weighted by Crippen LogP contribution is -2.60. The Balaban J connectivity index is 2.12. The Labute approximate surface area is 409 Å². The van der Waals surface area contributed by atoms with Gasteiger partial charge in [-0.15, -0.1) is 0 Å². The summed E-state index contributed by atoms with van der Waals surface area (Å²) in [7, 11) is 0. The van der Waals surface area contributed by atoms with Crippen LogP contribution in [0, 0.1) is 0 Å². The summed E-state index contributed by atoms with van der Waals surface area (Å²) in [6, 6.07) is -0.852. The van der Waals surface area contributed by atoms with Crippen molar-refractivity contribution in [3.8, 4) is 0 Å². The van der Waals surface area contributed by atoms with Gasteiger partial charge in [0, 0.05) is 12.8 Å². The van der Waals surface area contributed by atoms with E-state index in [1.54, 1.807) is 6.08 Å². The third kappa shape index (κ3) is 36.5. The largest absolute Gasteiger partial charge is 0.466 e. The van der Waals surface area contributed by atoms with E-state index in [0.29, 0.717) is 19.4 Å². The molecule has 1 fully saturated rings. The maximum atomic E-state index is 12.9. The summed E-state index contributed by atoms with van der Waals surface area (Å²) >= 11 is 0. The first-order chi connectivity index (χ1) is 32.7. The summed E-state index contributed by atoms with van der Waals surface area (Å²) in [4.78, 5) is 25.0. The number of esters is 1. The first-order valence-electron chi connectivity index (χ1n) is 27.8. The standard InChI is InChI=1S/C56H103NO10/c1-3-5-7-9-11-13-14-15-16-17-18-21-24-28-32-36-40-44-52(61)65-45-41-37-33-29-25-22-19-20-23-27-31-35-39-43-51(60)57-48(49(59)42-38-34-30-26-12-10-8-6-4-2)47-66-56-55(64)54(63)53(62)50(46-58)67-56/h20,23,31,35,38,42,48-50,53-56,58-59,62-64H,3-19,21-22,24-30,32-34,36-37,39-41,43-47H2,1-2H3,(H,57,60)/b23-20-,35-31-,42-38+. The van der Waals surface area contributed by atoms with E-state index in [1.165, 1.54) is 141 Å². The average Bonchev–Trinajstić information content (AvgIpc) is 3.32. The second-order valence-electron chi connectivity index (χ2n) is 19.3. The molecule has 67 heavy (non-hydrogen) atoms. The van der Waals surface area contributed by atoms with E-state index in [2.05, 4.69) is 31.3 Å². The number of aliphatic hydroxyl groups is 5. The van der Waals surface area contributed by atoms with Crippen LogP contribution in [0.25, 0.3) is 0 Å². The van der Waals surface area contributed by atoms with Crippen molar-refractivity contribution in [3.05, 3.63) is 36.5 Å². The third-order valence-corrected chi connectivity index (χ3v) is 13.0. The quantitative estimate of drug-likeness (QED) is 0.0196. The van der Waals surface area contributed by atoms with Crippen molar-refractivity contribution in [1.29, 1.82) is 0 Å². The fourth-order valence-electron chi connectivity index (χ4n) is 8.54. The summed E-state index contributed by atoms with van der Waals surface area (Å²) in [5, 5.41) is 54.0. The molecule has 0 radical (unpaired) electrons. The summed E-state index contributed by atoms with van der Waals surface area (Å²) in [5.74, 6) is -0.301. The van der Waals surface area contributed by atoms with Crippen LogP contribution < -0.4 is 5.32 Å². The van der Waals surface area contributed by atoms with Crippen LogP contribution in [0.3, 0.4) is 0 Å². The number of amides is 1. The molecule has 1 amide bonds. The molecule has 1 rings (SSSR count). The number of carbonyl (C=O) groups excluding carboxylic acids is 2. The van der Waals surface area contributed by atoms with Crippen LogP contribution in [-0.4, -0.2) is 100 Å². The lowest BCUT2D eigenvalue weighted by Gasteiger charge is -2.40. The highest BCUT2D eigenvalue weighted by atomic mass is 16.7. The van der Waals surface area contributed by atoms with Gasteiger partial charge in [-0.2, -0.15) is 0 Å². The molecule has 7 atom stereocenters. The van der Waals surface area contributed by atoms with Gasteiger partial charge in [0.15, 0.2) is 6.29 Å². The molecule has 6 N–H and O–H groups in total. The van der Waals surface area contributed by atoms with E-state index in [-0.39, 0.29) is 24.9 Å². The molecule has 1 aliphatic rings. The molecule has 1 heterocycles. The van der Waals surface area contributed by atoms with Gasteiger partial charge < -0.3 is 45.1 Å². The van der Waals surface area contributed by atoms with Crippen molar-refractivity contribution in [1.82, 2.24) is 5.32 Å². The van der Waals surface area contributed by atoms with E-state index in [4.69, 9.17) is 14.2 Å². The lowest BCUT2D eigenvalue weighted by atomic mass is 9.99. The Hall–Kier alpha value is -2.12. The molecule has 0 aliphatic carbocycles. The predicted molar refractivity (Wildman–Crippen MR) is 274 cm³/mol. The normalized spacial score (nSPS) is 19.8. The van der Waals surface area contributed by atoms with Crippen LogP contribution in [0.1, 0.15) is 245 Å². The zero-order valence-electron chi connectivity index (χ0n) is 42.9. The minimum Gasteiger partial charge on any atom is -0.466 e. The van der Waals surface area contributed by atoms with Crippen LogP contribution in [0.4, 0.5) is 0 Å². The molecule has 0 saturated carbocycles. The van der Waals surface area contributed by atoms with E-state index in [1.807, 2.05) is 18.2 Å². The van der Waals surface area contributed by atoms with Gasteiger partial charge in [0.05, 0.1) is 32.0 Å². The van der Waals surface area contributed by atoms with Gasteiger partial charge in [0.1, 0.15) is 24.4 Å². The van der Waals surface area contributed by atoms with E-state index in [9.17, 15) is 35.1 Å². The van der Waals surface area contributed by atoms with Crippen LogP contribution >= 0.6 is 0 Å². The van der Waals surface area contributed by atoms with Gasteiger partial charge in [-0.05, 0) is 51.4 Å². The van der Waals surface area contributed by atoms with E-state index >= 15 is 0 Å². The Bertz CT molecular complexity index is 1210. The smallest absolute Gasteiger partial charge is 0.305 e. The van der Waals surface area contributed by atoms with Crippen molar-refractivity contribution >= 4 is 11.9 Å². The summed E-state index contributed by atoms with van der Waals surface area (Å²) < 4.78 is 16.6. The van der Waals surface area contributed by atoms with Crippen LogP contribution in [0.15, 0.2) is 36.5 Å². The van der Waals surface area contributed by atoms with Crippen LogP contribution in [0.5, 0.6) is 0 Å². The van der Waals surface area contributed by atoms with Crippen molar-refractivity contribution in [2.75, 3.05) is 19.8 Å². The highest BCUT2D eigenvalue weighted by Crippen LogP contribution is 2.23. The van der Waals surface area contributed by atoms with E-state index < -0.39 is 49.5 Å². The molecule has 0 aromatic heterocycles. The number of hydrogen-bond donors (Lipinski definition) is 6. The molecule has 1 aliphatic heterocycles. The fraction of sp³-hybridized carbons (Fsp3) is 0.857. The summed E-state index contributed by atoms with van der Waals surface area (Å²) in [6.45, 7) is 4.22.